The molecule has 0 radical (unpaired) electrons. The second-order valence-corrected chi connectivity index (χ2v) is 7.02. The number of amides is 1. The number of aliphatic hydroxyl groups is 1. The van der Waals surface area contributed by atoms with Gasteiger partial charge in [0.15, 0.2) is 0 Å². The number of ether oxygens (including phenoxy) is 1. The monoisotopic (exact) mass is 352 g/mol. The summed E-state index contributed by atoms with van der Waals surface area (Å²) in [6.07, 6.45) is 2.78. The van der Waals surface area contributed by atoms with Gasteiger partial charge in [-0.25, -0.2) is 0 Å². The summed E-state index contributed by atoms with van der Waals surface area (Å²) in [7, 11) is 0. The normalized spacial score (nSPS) is 32.4. The molecule has 2 aliphatic heterocycles. The highest BCUT2D eigenvalue weighted by Crippen LogP contribution is 2.35. The summed E-state index contributed by atoms with van der Waals surface area (Å²) in [5, 5.41) is 13.7. The molecule has 24 heavy (non-hydrogen) atoms. The number of nitrogens with one attached hydrogen (secondary N) is 1. The van der Waals surface area contributed by atoms with E-state index in [-0.39, 0.29) is 24.4 Å². The maximum atomic E-state index is 11.8. The number of fused-ring (bicyclic) bond motifs is 1. The molecule has 6 heteroatoms. The molecule has 2 heterocycles. The van der Waals surface area contributed by atoms with E-state index in [1.54, 1.807) is 0 Å². The third-order valence-corrected chi connectivity index (χ3v) is 5.50. The largest absolute Gasteiger partial charge is 0.488 e. The van der Waals surface area contributed by atoms with Gasteiger partial charge in [-0.1, -0.05) is 0 Å². The number of carbonyl (C=O) groups excluding carboxylic acids is 1. The van der Waals surface area contributed by atoms with E-state index in [2.05, 4.69) is 5.32 Å². The number of aliphatic hydroxyl groups excluding tert-OH is 1. The Bertz CT molecular complexity index is 580. The van der Waals surface area contributed by atoms with Crippen molar-refractivity contribution in [3.05, 3.63) is 24.3 Å². The third-order valence-electron chi connectivity index (χ3n) is 5.50. The first-order chi connectivity index (χ1) is 11.2. The maximum absolute atomic E-state index is 11.8. The first-order valence-electron chi connectivity index (χ1n) is 8.66. The Morgan fingerprint density at radius 1 is 1.12 bits per heavy atom. The predicted octanol–water partition coefficient (Wildman–Crippen LogP) is 1.97. The fraction of sp³-hybridized carbons (Fsp3) is 0.611. The maximum Gasteiger partial charge on any atom is 0.227 e. The number of carbonyl (C=O) groups is 1. The van der Waals surface area contributed by atoms with E-state index < -0.39 is 6.10 Å². The molecule has 2 N–H and O–H groups in total. The van der Waals surface area contributed by atoms with E-state index in [9.17, 15) is 9.90 Å². The van der Waals surface area contributed by atoms with Gasteiger partial charge in [0.2, 0.25) is 5.91 Å². The molecule has 4 atom stereocenters. The average molecular weight is 353 g/mol. The van der Waals surface area contributed by atoms with Crippen LogP contribution in [0.1, 0.15) is 25.7 Å². The van der Waals surface area contributed by atoms with Gasteiger partial charge in [-0.15, -0.1) is 12.4 Å². The van der Waals surface area contributed by atoms with Gasteiger partial charge in [0.1, 0.15) is 11.9 Å². The van der Waals surface area contributed by atoms with E-state index in [1.807, 2.05) is 29.2 Å². The van der Waals surface area contributed by atoms with Crippen LogP contribution < -0.4 is 15.0 Å². The minimum atomic E-state index is -0.393. The fourth-order valence-corrected chi connectivity index (χ4v) is 4.18. The molecule has 0 aromatic heterocycles. The first-order valence-corrected chi connectivity index (χ1v) is 8.66. The lowest BCUT2D eigenvalue weighted by molar-refractivity contribution is -0.117. The van der Waals surface area contributed by atoms with Crippen molar-refractivity contribution in [3.8, 4) is 5.75 Å². The Morgan fingerprint density at radius 2 is 1.83 bits per heavy atom. The fourth-order valence-electron chi connectivity index (χ4n) is 4.18. The lowest BCUT2D eigenvalue weighted by Crippen LogP contribution is -2.42. The zero-order valence-corrected chi connectivity index (χ0v) is 14.5. The zero-order valence-electron chi connectivity index (χ0n) is 13.7. The molecule has 1 aliphatic carbocycles. The summed E-state index contributed by atoms with van der Waals surface area (Å²) >= 11 is 0. The van der Waals surface area contributed by atoms with Crippen molar-refractivity contribution >= 4 is 24.0 Å². The van der Waals surface area contributed by atoms with Crippen LogP contribution in [0.15, 0.2) is 24.3 Å². The average Bonchev–Trinajstić information content (AvgIpc) is 3.17. The second kappa shape index (κ2) is 7.30. The molecule has 0 spiro atoms. The zero-order chi connectivity index (χ0) is 15.8. The Hall–Kier alpha value is -1.30. The number of halogens is 1. The molecule has 0 unspecified atom stereocenters. The van der Waals surface area contributed by atoms with Crippen molar-refractivity contribution in [2.24, 2.45) is 11.8 Å². The highest BCUT2D eigenvalue weighted by molar-refractivity contribution is 5.95. The van der Waals surface area contributed by atoms with Gasteiger partial charge < -0.3 is 20.1 Å². The Kier molecular flexibility index (Phi) is 5.33. The van der Waals surface area contributed by atoms with Crippen LogP contribution in [-0.4, -0.2) is 42.9 Å². The summed E-state index contributed by atoms with van der Waals surface area (Å²) in [5.41, 5.74) is 0.934. The number of benzene rings is 1. The van der Waals surface area contributed by atoms with E-state index in [0.29, 0.717) is 18.3 Å². The quantitative estimate of drug-likeness (QED) is 0.873. The lowest BCUT2D eigenvalue weighted by Gasteiger charge is -2.35. The highest BCUT2D eigenvalue weighted by atomic mass is 35.5. The van der Waals surface area contributed by atoms with Crippen molar-refractivity contribution < 1.29 is 14.6 Å². The summed E-state index contributed by atoms with van der Waals surface area (Å²) in [5.74, 6) is 2.17. The second-order valence-electron chi connectivity index (χ2n) is 7.02. The SMILES string of the molecule is Cl.O=C1CCCN1c1ccc(O[C@@H]2C[C@@H]3CNC[C@@H]3C[C@H]2O)cc1. The van der Waals surface area contributed by atoms with Crippen molar-refractivity contribution in [2.45, 2.75) is 37.9 Å². The number of anilines is 1. The molecule has 2 saturated heterocycles. The van der Waals surface area contributed by atoms with Gasteiger partial charge in [-0.05, 0) is 68.5 Å². The lowest BCUT2D eigenvalue weighted by atomic mass is 9.78. The third kappa shape index (κ3) is 3.39. The standard InChI is InChI=1S/C18H24N2O3.ClH/c21-16-8-12-10-19-11-13(12)9-17(16)23-15-5-3-14(4-6-15)20-7-1-2-18(20)22;/h3-6,12-13,16-17,19,21H,1-2,7-11H2;1H/t12-,13+,16+,17+;/m0./s1. The van der Waals surface area contributed by atoms with Gasteiger partial charge in [0.25, 0.3) is 0 Å². The number of hydrogen-bond acceptors (Lipinski definition) is 4. The summed E-state index contributed by atoms with van der Waals surface area (Å²) in [6.45, 7) is 2.86. The van der Waals surface area contributed by atoms with Gasteiger partial charge in [-0.2, -0.15) is 0 Å². The molecule has 3 aliphatic rings. The van der Waals surface area contributed by atoms with Crippen molar-refractivity contribution in [2.75, 3.05) is 24.5 Å². The van der Waals surface area contributed by atoms with Crippen LogP contribution >= 0.6 is 12.4 Å². The topological polar surface area (TPSA) is 61.8 Å². The van der Waals surface area contributed by atoms with E-state index in [0.717, 1.165) is 50.3 Å². The van der Waals surface area contributed by atoms with Crippen LogP contribution in [0.25, 0.3) is 0 Å². The van der Waals surface area contributed by atoms with Crippen LogP contribution in [0.4, 0.5) is 5.69 Å². The van der Waals surface area contributed by atoms with Crippen LogP contribution in [0, 0.1) is 11.8 Å². The summed E-state index contributed by atoms with van der Waals surface area (Å²) in [4.78, 5) is 13.6. The Morgan fingerprint density at radius 3 is 2.50 bits per heavy atom. The minimum Gasteiger partial charge on any atom is -0.488 e. The smallest absolute Gasteiger partial charge is 0.227 e. The molecule has 1 amide bonds. The van der Waals surface area contributed by atoms with Crippen molar-refractivity contribution in [1.82, 2.24) is 5.32 Å². The number of hydrogen-bond donors (Lipinski definition) is 2. The molecule has 4 rings (SSSR count). The van der Waals surface area contributed by atoms with Gasteiger partial charge in [0, 0.05) is 18.7 Å². The Labute approximate surface area is 148 Å². The molecule has 1 saturated carbocycles. The van der Waals surface area contributed by atoms with E-state index in [1.165, 1.54) is 0 Å². The van der Waals surface area contributed by atoms with Gasteiger partial charge in [-0.3, -0.25) is 4.79 Å². The van der Waals surface area contributed by atoms with Crippen LogP contribution in [-0.2, 0) is 4.79 Å². The predicted molar refractivity (Wildman–Crippen MR) is 94.8 cm³/mol. The molecule has 1 aromatic rings. The molecule has 0 bridgehead atoms. The minimum absolute atomic E-state index is 0. The van der Waals surface area contributed by atoms with Gasteiger partial charge in [0.05, 0.1) is 6.10 Å². The number of rotatable bonds is 3. The van der Waals surface area contributed by atoms with Crippen LogP contribution in [0.5, 0.6) is 5.75 Å². The van der Waals surface area contributed by atoms with E-state index >= 15 is 0 Å². The molecule has 132 valence electrons. The van der Waals surface area contributed by atoms with Crippen LogP contribution in [0.2, 0.25) is 0 Å². The molecular formula is C18H25ClN2O3. The molecular weight excluding hydrogens is 328 g/mol. The van der Waals surface area contributed by atoms with Crippen LogP contribution in [0.3, 0.4) is 0 Å². The highest BCUT2D eigenvalue weighted by Gasteiger charge is 2.39. The first kappa shape index (κ1) is 17.5. The molecule has 1 aromatic carbocycles. The number of nitrogens with zero attached hydrogens (tertiary/aromatic N) is 1. The Balaban J connectivity index is 0.00000169. The van der Waals surface area contributed by atoms with Crippen molar-refractivity contribution in [1.29, 1.82) is 0 Å². The molecule has 3 fully saturated rings. The molecule has 5 nitrogen and oxygen atoms in total. The summed E-state index contributed by atoms with van der Waals surface area (Å²) in [6, 6.07) is 7.70. The van der Waals surface area contributed by atoms with Crippen molar-refractivity contribution in [3.63, 3.8) is 0 Å². The summed E-state index contributed by atoms with van der Waals surface area (Å²) < 4.78 is 6.04. The van der Waals surface area contributed by atoms with Gasteiger partial charge >= 0.3 is 0 Å². The van der Waals surface area contributed by atoms with E-state index in [4.69, 9.17) is 4.74 Å².